The molecule has 2 unspecified atom stereocenters. The van der Waals surface area contributed by atoms with Crippen molar-refractivity contribution in [2.45, 2.75) is 37.8 Å². The first-order chi connectivity index (χ1) is 7.68. The van der Waals surface area contributed by atoms with Gasteiger partial charge in [0.1, 0.15) is 0 Å². The van der Waals surface area contributed by atoms with E-state index in [1.165, 1.54) is 4.90 Å². The van der Waals surface area contributed by atoms with Gasteiger partial charge in [0.2, 0.25) is 11.8 Å². The number of fused-ring (bicyclic) bond motifs is 1. The molecule has 4 heteroatoms. The number of hydrogen-bond acceptors (Lipinski definition) is 3. The number of imide groups is 1. The van der Waals surface area contributed by atoms with E-state index in [0.29, 0.717) is 25.7 Å². The third kappa shape index (κ3) is 1.26. The first-order valence-electron chi connectivity index (χ1n) is 5.88. The van der Waals surface area contributed by atoms with Gasteiger partial charge in [0, 0.05) is 6.04 Å². The van der Waals surface area contributed by atoms with Gasteiger partial charge in [0.25, 0.3) is 0 Å². The second-order valence-electron chi connectivity index (χ2n) is 4.98. The molecule has 2 fully saturated rings. The van der Waals surface area contributed by atoms with Crippen molar-refractivity contribution < 1.29 is 14.7 Å². The van der Waals surface area contributed by atoms with Crippen LogP contribution in [0.15, 0.2) is 12.2 Å². The van der Waals surface area contributed by atoms with Gasteiger partial charge in [-0.05, 0) is 25.7 Å². The molecule has 2 atom stereocenters. The Labute approximate surface area is 93.9 Å². The topological polar surface area (TPSA) is 57.6 Å². The van der Waals surface area contributed by atoms with Gasteiger partial charge < -0.3 is 5.11 Å². The first-order valence-corrected chi connectivity index (χ1v) is 5.88. The van der Waals surface area contributed by atoms with Crippen LogP contribution in [-0.4, -0.2) is 34.0 Å². The molecular formula is C12H15NO3. The van der Waals surface area contributed by atoms with Crippen LogP contribution in [0.1, 0.15) is 25.7 Å². The van der Waals surface area contributed by atoms with Crippen molar-refractivity contribution in [2.24, 2.45) is 11.8 Å². The summed E-state index contributed by atoms with van der Waals surface area (Å²) in [6.07, 6.45) is 6.17. The Morgan fingerprint density at radius 3 is 2.00 bits per heavy atom. The molecule has 0 aromatic carbocycles. The van der Waals surface area contributed by atoms with Gasteiger partial charge in [-0.25, -0.2) is 0 Å². The van der Waals surface area contributed by atoms with E-state index in [1.807, 2.05) is 12.2 Å². The Morgan fingerprint density at radius 2 is 1.56 bits per heavy atom. The van der Waals surface area contributed by atoms with E-state index >= 15 is 0 Å². The lowest BCUT2D eigenvalue weighted by molar-refractivity contribution is -0.147. The van der Waals surface area contributed by atoms with Gasteiger partial charge in [-0.1, -0.05) is 12.2 Å². The number of rotatable bonds is 1. The fraction of sp³-hybridized carbons (Fsp3) is 0.667. The number of nitrogens with zero attached hydrogens (tertiary/aromatic N) is 1. The molecule has 0 bridgehead atoms. The lowest BCUT2D eigenvalue weighted by Gasteiger charge is -2.37. The number of hydrogen-bond donors (Lipinski definition) is 1. The summed E-state index contributed by atoms with van der Waals surface area (Å²) < 4.78 is 0. The lowest BCUT2D eigenvalue weighted by atomic mass is 9.85. The summed E-state index contributed by atoms with van der Waals surface area (Å²) >= 11 is 0. The lowest BCUT2D eigenvalue weighted by Crippen LogP contribution is -2.50. The molecule has 3 rings (SSSR count). The molecule has 1 saturated carbocycles. The third-order valence-electron chi connectivity index (χ3n) is 4.00. The van der Waals surface area contributed by atoms with Crippen molar-refractivity contribution in [2.75, 3.05) is 0 Å². The van der Waals surface area contributed by atoms with Crippen molar-refractivity contribution in [3.63, 3.8) is 0 Å². The fourth-order valence-corrected chi connectivity index (χ4v) is 2.96. The number of carbonyl (C=O) groups is 2. The van der Waals surface area contributed by atoms with E-state index in [2.05, 4.69) is 0 Å². The van der Waals surface area contributed by atoms with Crippen molar-refractivity contribution in [3.8, 4) is 0 Å². The highest BCUT2D eigenvalue weighted by Crippen LogP contribution is 2.39. The van der Waals surface area contributed by atoms with Crippen LogP contribution in [0.3, 0.4) is 0 Å². The molecule has 0 radical (unpaired) electrons. The molecule has 2 amide bonds. The number of aliphatic hydroxyl groups is 1. The average Bonchev–Trinajstić information content (AvgIpc) is 2.49. The summed E-state index contributed by atoms with van der Waals surface area (Å²) in [5.41, 5.74) is 0. The van der Waals surface area contributed by atoms with E-state index < -0.39 is 0 Å². The smallest absolute Gasteiger partial charge is 0.233 e. The van der Waals surface area contributed by atoms with Crippen molar-refractivity contribution in [1.29, 1.82) is 0 Å². The second kappa shape index (κ2) is 3.42. The maximum atomic E-state index is 12.1. The highest BCUT2D eigenvalue weighted by molar-refractivity contribution is 6.05. The van der Waals surface area contributed by atoms with E-state index in [-0.39, 0.29) is 35.8 Å². The van der Waals surface area contributed by atoms with E-state index in [9.17, 15) is 14.7 Å². The summed E-state index contributed by atoms with van der Waals surface area (Å²) in [5.74, 6) is -0.294. The van der Waals surface area contributed by atoms with Crippen LogP contribution >= 0.6 is 0 Å². The molecule has 1 heterocycles. The highest BCUT2D eigenvalue weighted by Gasteiger charge is 2.51. The Morgan fingerprint density at radius 1 is 1.06 bits per heavy atom. The van der Waals surface area contributed by atoms with E-state index in [0.717, 1.165) is 0 Å². The minimum absolute atomic E-state index is 0.0174. The molecule has 0 aromatic rings. The number of aliphatic hydroxyl groups excluding tert-OH is 1. The van der Waals surface area contributed by atoms with Crippen molar-refractivity contribution >= 4 is 11.8 Å². The molecule has 3 aliphatic rings. The minimum Gasteiger partial charge on any atom is -0.393 e. The quantitative estimate of drug-likeness (QED) is 0.517. The van der Waals surface area contributed by atoms with Crippen molar-refractivity contribution in [3.05, 3.63) is 12.2 Å². The van der Waals surface area contributed by atoms with Crippen LogP contribution in [0, 0.1) is 11.8 Å². The molecule has 1 aliphatic heterocycles. The zero-order chi connectivity index (χ0) is 11.3. The predicted molar refractivity (Wildman–Crippen MR) is 56.2 cm³/mol. The van der Waals surface area contributed by atoms with Crippen LogP contribution in [0.4, 0.5) is 0 Å². The van der Waals surface area contributed by atoms with Gasteiger partial charge in [-0.2, -0.15) is 0 Å². The van der Waals surface area contributed by atoms with Crippen LogP contribution < -0.4 is 0 Å². The molecule has 2 aliphatic carbocycles. The molecule has 4 nitrogen and oxygen atoms in total. The second-order valence-corrected chi connectivity index (χ2v) is 4.98. The van der Waals surface area contributed by atoms with E-state index in [1.54, 1.807) is 0 Å². The van der Waals surface area contributed by atoms with Crippen LogP contribution in [0.2, 0.25) is 0 Å². The van der Waals surface area contributed by atoms with E-state index in [4.69, 9.17) is 0 Å². The number of carbonyl (C=O) groups excluding carboxylic acids is 2. The zero-order valence-electron chi connectivity index (χ0n) is 9.00. The number of allylic oxidation sites excluding steroid dienone is 2. The summed E-state index contributed by atoms with van der Waals surface area (Å²) in [7, 11) is 0. The maximum Gasteiger partial charge on any atom is 0.233 e. The molecule has 86 valence electrons. The minimum atomic E-state index is -0.327. The maximum absolute atomic E-state index is 12.1. The Kier molecular flexibility index (Phi) is 2.14. The van der Waals surface area contributed by atoms with Crippen LogP contribution in [-0.2, 0) is 9.59 Å². The molecular weight excluding hydrogens is 206 g/mol. The normalized spacial score (nSPS) is 42.2. The molecule has 16 heavy (non-hydrogen) atoms. The highest BCUT2D eigenvalue weighted by atomic mass is 16.3. The van der Waals surface area contributed by atoms with Gasteiger partial charge in [-0.15, -0.1) is 0 Å². The molecule has 0 aromatic heterocycles. The van der Waals surface area contributed by atoms with Crippen LogP contribution in [0.25, 0.3) is 0 Å². The summed E-state index contributed by atoms with van der Waals surface area (Å²) in [5, 5.41) is 9.25. The summed E-state index contributed by atoms with van der Waals surface area (Å²) in [6.45, 7) is 0. The number of likely N-dealkylation sites (tertiary alicyclic amines) is 1. The standard InChI is InChI=1S/C12H15NO3/c14-8-5-7(6-8)13-11(15)9-3-1-2-4-10(9)12(13)16/h1-2,7-10,14H,3-6H2. The van der Waals surface area contributed by atoms with Crippen molar-refractivity contribution in [1.82, 2.24) is 4.90 Å². The Balaban J connectivity index is 1.81. The monoisotopic (exact) mass is 221 g/mol. The van der Waals surface area contributed by atoms with Gasteiger partial charge in [0.15, 0.2) is 0 Å². The SMILES string of the molecule is O=C1C2CC=CCC2C(=O)N1C1CC(O)C1. The molecule has 1 N–H and O–H groups in total. The summed E-state index contributed by atoms with van der Waals surface area (Å²) in [6, 6.07) is -0.0411. The molecule has 0 spiro atoms. The van der Waals surface area contributed by atoms with Crippen LogP contribution in [0.5, 0.6) is 0 Å². The average molecular weight is 221 g/mol. The Hall–Kier alpha value is -1.16. The zero-order valence-corrected chi connectivity index (χ0v) is 9.00. The predicted octanol–water partition coefficient (Wildman–Crippen LogP) is 0.461. The Bertz CT molecular complexity index is 344. The fourth-order valence-electron chi connectivity index (χ4n) is 2.96. The molecule has 1 saturated heterocycles. The number of amides is 2. The van der Waals surface area contributed by atoms with Gasteiger partial charge in [-0.3, -0.25) is 14.5 Å². The summed E-state index contributed by atoms with van der Waals surface area (Å²) in [4.78, 5) is 25.6. The third-order valence-corrected chi connectivity index (χ3v) is 4.00. The first kappa shape index (κ1) is 10.0. The van der Waals surface area contributed by atoms with Gasteiger partial charge >= 0.3 is 0 Å². The van der Waals surface area contributed by atoms with Gasteiger partial charge in [0.05, 0.1) is 17.9 Å². The largest absolute Gasteiger partial charge is 0.393 e.